The molecule has 3 heteroatoms. The summed E-state index contributed by atoms with van der Waals surface area (Å²) in [5.41, 5.74) is 17.3. The van der Waals surface area contributed by atoms with E-state index in [1.165, 1.54) is 22.3 Å². The lowest BCUT2D eigenvalue weighted by Gasteiger charge is -2.22. The molecular formula is C58H42O3. The van der Waals surface area contributed by atoms with Gasteiger partial charge < -0.3 is 5.48 Å². The van der Waals surface area contributed by atoms with Crippen LogP contribution in [0.4, 0.5) is 0 Å². The predicted octanol–water partition coefficient (Wildman–Crippen LogP) is 13.0. The Labute approximate surface area is 357 Å². The molecule has 0 spiro atoms. The number of carbonyl (C=O) groups excluding carboxylic acids is 2. The summed E-state index contributed by atoms with van der Waals surface area (Å²) in [5, 5.41) is 0. The van der Waals surface area contributed by atoms with Crippen LogP contribution < -0.4 is 0 Å². The largest absolute Gasteiger partial charge is 0.412 e. The summed E-state index contributed by atoms with van der Waals surface area (Å²) in [6, 6.07) is 77.4. The van der Waals surface area contributed by atoms with Crippen LogP contribution in [0.5, 0.6) is 0 Å². The summed E-state index contributed by atoms with van der Waals surface area (Å²) in [7, 11) is 0. The molecule has 0 bridgehead atoms. The Balaban J connectivity index is 0.000000132. The van der Waals surface area contributed by atoms with Crippen LogP contribution in [0.15, 0.2) is 243 Å². The topological polar surface area (TPSA) is 65.6 Å². The molecule has 8 aromatic carbocycles. The molecule has 2 N–H and O–H groups in total. The normalized spacial score (nSPS) is 13.2. The monoisotopic (exact) mass is 786 g/mol. The highest BCUT2D eigenvalue weighted by Gasteiger charge is 2.29. The minimum absolute atomic E-state index is 0. The summed E-state index contributed by atoms with van der Waals surface area (Å²) in [6.45, 7) is 0. The third kappa shape index (κ3) is 8.20. The fourth-order valence-corrected chi connectivity index (χ4v) is 8.19. The van der Waals surface area contributed by atoms with Crippen molar-refractivity contribution in [3.8, 4) is 22.3 Å². The highest BCUT2D eigenvalue weighted by atomic mass is 16.1. The number of rotatable bonds is 6. The van der Waals surface area contributed by atoms with Crippen molar-refractivity contribution in [1.29, 1.82) is 0 Å². The van der Waals surface area contributed by atoms with E-state index in [9.17, 15) is 9.59 Å². The molecular weight excluding hydrogens is 745 g/mol. The van der Waals surface area contributed by atoms with Gasteiger partial charge in [-0.05, 0) is 78.9 Å². The number of ketones is 2. The summed E-state index contributed by atoms with van der Waals surface area (Å²) < 4.78 is 0. The van der Waals surface area contributed by atoms with E-state index in [0.29, 0.717) is 0 Å². The number of hydrogen-bond donors (Lipinski definition) is 0. The molecule has 3 aliphatic carbocycles. The van der Waals surface area contributed by atoms with Crippen LogP contribution in [0, 0.1) is 0 Å². The van der Waals surface area contributed by atoms with Gasteiger partial charge in [0.2, 0.25) is 0 Å². The van der Waals surface area contributed by atoms with Gasteiger partial charge in [0, 0.05) is 22.3 Å². The Hall–Kier alpha value is -7.98. The van der Waals surface area contributed by atoms with Gasteiger partial charge in [0.25, 0.3) is 0 Å². The van der Waals surface area contributed by atoms with Crippen LogP contribution >= 0.6 is 0 Å². The van der Waals surface area contributed by atoms with E-state index < -0.39 is 0 Å². The lowest BCUT2D eigenvalue weighted by atomic mass is 9.81. The minimum atomic E-state index is 0. The maximum absolute atomic E-state index is 12.8. The molecule has 3 nitrogen and oxygen atoms in total. The fourth-order valence-electron chi connectivity index (χ4n) is 8.19. The SMILES string of the molecule is O.O=C1C=C(c2ccccc2)C(c2ccccc2)=C1c1ccccc1.O=C1C=C(c2ccccc2)C(c2ccccc2)=C1c1ccccc1.c1ccc2c(c1)-c1ccccc1-2. The van der Waals surface area contributed by atoms with Crippen molar-refractivity contribution in [1.82, 2.24) is 0 Å². The lowest BCUT2D eigenvalue weighted by molar-refractivity contribution is -0.110. The number of benzene rings is 8. The van der Waals surface area contributed by atoms with Gasteiger partial charge in [0.05, 0.1) is 0 Å². The van der Waals surface area contributed by atoms with E-state index in [0.717, 1.165) is 66.8 Å². The van der Waals surface area contributed by atoms with Gasteiger partial charge in [-0.3, -0.25) is 9.59 Å². The summed E-state index contributed by atoms with van der Waals surface area (Å²) in [4.78, 5) is 25.6. The standard InChI is InChI=1S/2C23H16O.C12H8.H2O/c2*24-21-16-20(17-10-4-1-5-11-17)22(18-12-6-2-7-13-18)23(21)19-14-8-3-9-15-19;1-2-6-10-9(5-1)11-7-3-4-8-12(10)11;/h2*1-16H;1-8H;1H2. The zero-order valence-corrected chi connectivity index (χ0v) is 33.4. The average molecular weight is 787 g/mol. The molecule has 0 fully saturated rings. The fraction of sp³-hybridized carbons (Fsp3) is 0. The first-order chi connectivity index (χ1) is 29.7. The van der Waals surface area contributed by atoms with E-state index >= 15 is 0 Å². The van der Waals surface area contributed by atoms with Crippen LogP contribution in [0.1, 0.15) is 33.4 Å². The molecule has 0 heterocycles. The first kappa shape index (κ1) is 39.8. The van der Waals surface area contributed by atoms with E-state index in [-0.39, 0.29) is 17.0 Å². The predicted molar refractivity (Wildman–Crippen MR) is 253 cm³/mol. The summed E-state index contributed by atoms with van der Waals surface area (Å²) in [6.07, 6.45) is 3.53. The van der Waals surface area contributed by atoms with Crippen molar-refractivity contribution in [2.75, 3.05) is 0 Å². The van der Waals surface area contributed by atoms with Crippen LogP contribution in [0.2, 0.25) is 0 Å². The molecule has 3 aliphatic rings. The first-order valence-corrected chi connectivity index (χ1v) is 20.2. The van der Waals surface area contributed by atoms with Crippen molar-refractivity contribution < 1.29 is 15.1 Å². The van der Waals surface area contributed by atoms with E-state index in [2.05, 4.69) is 97.1 Å². The molecule has 0 radical (unpaired) electrons. The zero-order chi connectivity index (χ0) is 40.7. The second kappa shape index (κ2) is 18.3. The molecule has 0 saturated carbocycles. The highest BCUT2D eigenvalue weighted by molar-refractivity contribution is 6.46. The Morgan fingerprint density at radius 2 is 0.410 bits per heavy atom. The molecule has 0 aromatic heterocycles. The lowest BCUT2D eigenvalue weighted by Crippen LogP contribution is -1.96. The van der Waals surface area contributed by atoms with Crippen molar-refractivity contribution in [2.24, 2.45) is 0 Å². The van der Waals surface area contributed by atoms with Crippen LogP contribution in [-0.4, -0.2) is 17.0 Å². The van der Waals surface area contributed by atoms with Gasteiger partial charge in [0.15, 0.2) is 11.6 Å². The average Bonchev–Trinajstić information content (AvgIpc) is 3.87. The zero-order valence-electron chi connectivity index (χ0n) is 33.4. The maximum Gasteiger partial charge on any atom is 0.187 e. The van der Waals surface area contributed by atoms with Gasteiger partial charge in [0.1, 0.15) is 0 Å². The number of allylic oxidation sites excluding steroid dienone is 8. The molecule has 0 amide bonds. The van der Waals surface area contributed by atoms with Gasteiger partial charge in [-0.1, -0.05) is 231 Å². The highest BCUT2D eigenvalue weighted by Crippen LogP contribution is 2.47. The smallest absolute Gasteiger partial charge is 0.187 e. The quantitative estimate of drug-likeness (QED) is 0.168. The maximum atomic E-state index is 12.8. The van der Waals surface area contributed by atoms with E-state index in [1.807, 2.05) is 133 Å². The molecule has 11 rings (SSSR count). The van der Waals surface area contributed by atoms with Crippen molar-refractivity contribution >= 4 is 45.0 Å². The molecule has 0 saturated heterocycles. The Morgan fingerprint density at radius 3 is 0.656 bits per heavy atom. The van der Waals surface area contributed by atoms with Crippen LogP contribution in [0.3, 0.4) is 0 Å². The number of fused-ring (bicyclic) bond motifs is 4. The van der Waals surface area contributed by atoms with E-state index in [4.69, 9.17) is 0 Å². The van der Waals surface area contributed by atoms with Crippen molar-refractivity contribution in [3.05, 3.63) is 276 Å². The molecule has 0 aliphatic heterocycles. The molecule has 0 unspecified atom stereocenters. The van der Waals surface area contributed by atoms with Gasteiger partial charge in [-0.25, -0.2) is 0 Å². The second-order valence-electron chi connectivity index (χ2n) is 14.6. The number of carbonyl (C=O) groups is 2. The van der Waals surface area contributed by atoms with Gasteiger partial charge in [-0.2, -0.15) is 0 Å². The van der Waals surface area contributed by atoms with Crippen molar-refractivity contribution in [2.45, 2.75) is 0 Å². The molecule has 61 heavy (non-hydrogen) atoms. The molecule has 0 atom stereocenters. The first-order valence-electron chi connectivity index (χ1n) is 20.2. The van der Waals surface area contributed by atoms with Crippen molar-refractivity contribution in [3.63, 3.8) is 0 Å². The second-order valence-corrected chi connectivity index (χ2v) is 14.6. The van der Waals surface area contributed by atoms with Gasteiger partial charge >= 0.3 is 0 Å². The Bertz CT molecular complexity index is 2680. The summed E-state index contributed by atoms with van der Waals surface area (Å²) in [5.74, 6) is 0.137. The minimum Gasteiger partial charge on any atom is -0.412 e. The third-order valence-electron chi connectivity index (χ3n) is 10.9. The summed E-state index contributed by atoms with van der Waals surface area (Å²) >= 11 is 0. The molecule has 8 aromatic rings. The van der Waals surface area contributed by atoms with Gasteiger partial charge in [-0.15, -0.1) is 0 Å². The van der Waals surface area contributed by atoms with E-state index in [1.54, 1.807) is 12.2 Å². The Morgan fingerprint density at radius 1 is 0.213 bits per heavy atom. The van der Waals surface area contributed by atoms with Crippen LogP contribution in [-0.2, 0) is 9.59 Å². The van der Waals surface area contributed by atoms with Crippen LogP contribution in [0.25, 0.3) is 55.7 Å². The molecule has 292 valence electrons. The third-order valence-corrected chi connectivity index (χ3v) is 10.9. The number of hydrogen-bond acceptors (Lipinski definition) is 2. The Kier molecular flexibility index (Phi) is 11.9.